The molecule has 6 heteroatoms. The molecule has 0 aliphatic carbocycles. The van der Waals surface area contributed by atoms with Crippen molar-refractivity contribution >= 4 is 5.52 Å². The highest BCUT2D eigenvalue weighted by atomic mass is 16.5. The van der Waals surface area contributed by atoms with Crippen LogP contribution in [0.15, 0.2) is 71.8 Å². The van der Waals surface area contributed by atoms with Crippen LogP contribution in [0.25, 0.3) is 16.8 Å². The number of ether oxygens (including phenoxy) is 1. The number of para-hydroxylation sites is 1. The Labute approximate surface area is 174 Å². The van der Waals surface area contributed by atoms with Crippen molar-refractivity contribution in [3.05, 3.63) is 88.5 Å². The lowest BCUT2D eigenvalue weighted by molar-refractivity contribution is 0.310. The van der Waals surface area contributed by atoms with Crippen molar-refractivity contribution in [1.29, 1.82) is 5.26 Å². The van der Waals surface area contributed by atoms with Gasteiger partial charge >= 0.3 is 0 Å². The van der Waals surface area contributed by atoms with E-state index in [1.807, 2.05) is 42.5 Å². The van der Waals surface area contributed by atoms with Crippen LogP contribution in [-0.4, -0.2) is 20.8 Å². The second kappa shape index (κ2) is 8.66. The van der Waals surface area contributed by atoms with Gasteiger partial charge in [-0.25, -0.2) is 4.52 Å². The van der Waals surface area contributed by atoms with Gasteiger partial charge in [0.2, 0.25) is 0 Å². The van der Waals surface area contributed by atoms with Crippen LogP contribution >= 0.6 is 0 Å². The molecule has 0 aliphatic heterocycles. The fourth-order valence-electron chi connectivity index (χ4n) is 3.36. The molecule has 0 atom stereocenters. The molecular formula is C24H22N4O2. The van der Waals surface area contributed by atoms with E-state index in [1.54, 1.807) is 33.6 Å². The van der Waals surface area contributed by atoms with E-state index < -0.39 is 0 Å². The third kappa shape index (κ3) is 3.83. The van der Waals surface area contributed by atoms with Crippen LogP contribution in [0.5, 0.6) is 5.75 Å². The summed E-state index contributed by atoms with van der Waals surface area (Å²) in [6, 6.07) is 19.0. The third-order valence-electron chi connectivity index (χ3n) is 5.00. The maximum Gasteiger partial charge on any atom is 0.276 e. The molecule has 0 spiro atoms. The summed E-state index contributed by atoms with van der Waals surface area (Å²) >= 11 is 0. The van der Waals surface area contributed by atoms with Gasteiger partial charge in [-0.2, -0.15) is 10.4 Å². The van der Waals surface area contributed by atoms with Gasteiger partial charge in [0.25, 0.3) is 5.56 Å². The largest absolute Gasteiger partial charge is 0.493 e. The molecule has 2 heterocycles. The number of unbranched alkanes of at least 4 members (excludes halogenated alkanes) is 1. The normalized spacial score (nSPS) is 10.8. The molecule has 0 fully saturated rings. The summed E-state index contributed by atoms with van der Waals surface area (Å²) < 4.78 is 9.11. The first-order chi connectivity index (χ1) is 14.7. The van der Waals surface area contributed by atoms with Gasteiger partial charge in [0.1, 0.15) is 11.3 Å². The minimum Gasteiger partial charge on any atom is -0.493 e. The van der Waals surface area contributed by atoms with Crippen LogP contribution in [0.2, 0.25) is 0 Å². The Bertz CT molecular complexity index is 1280. The Morgan fingerprint density at radius 1 is 1.10 bits per heavy atom. The Morgan fingerprint density at radius 3 is 2.73 bits per heavy atom. The van der Waals surface area contributed by atoms with Gasteiger partial charge < -0.3 is 9.30 Å². The molecule has 6 nitrogen and oxygen atoms in total. The van der Waals surface area contributed by atoms with E-state index in [2.05, 4.69) is 18.1 Å². The Balaban J connectivity index is 1.71. The van der Waals surface area contributed by atoms with Crippen LogP contribution in [0.4, 0.5) is 0 Å². The summed E-state index contributed by atoms with van der Waals surface area (Å²) in [5.74, 6) is 0.762. The quantitative estimate of drug-likeness (QED) is 0.436. The van der Waals surface area contributed by atoms with Crippen LogP contribution in [0.3, 0.4) is 0 Å². The number of benzene rings is 2. The maximum absolute atomic E-state index is 13.1. The van der Waals surface area contributed by atoms with Crippen LogP contribution in [0, 0.1) is 11.3 Å². The summed E-state index contributed by atoms with van der Waals surface area (Å²) in [6.07, 6.45) is 5.50. The highest BCUT2D eigenvalue weighted by molar-refractivity contribution is 5.71. The Morgan fingerprint density at radius 2 is 1.90 bits per heavy atom. The van der Waals surface area contributed by atoms with E-state index in [0.717, 1.165) is 29.7 Å². The maximum atomic E-state index is 13.1. The number of nitriles is 1. The van der Waals surface area contributed by atoms with E-state index in [-0.39, 0.29) is 5.56 Å². The lowest BCUT2D eigenvalue weighted by Gasteiger charge is -2.09. The van der Waals surface area contributed by atoms with Gasteiger partial charge in [-0.15, -0.1) is 0 Å². The van der Waals surface area contributed by atoms with Gasteiger partial charge in [0.05, 0.1) is 30.5 Å². The first kappa shape index (κ1) is 19.5. The molecule has 0 radical (unpaired) electrons. The molecule has 0 saturated heterocycles. The summed E-state index contributed by atoms with van der Waals surface area (Å²) in [5.41, 5.74) is 3.24. The van der Waals surface area contributed by atoms with Gasteiger partial charge in [0.15, 0.2) is 0 Å². The highest BCUT2D eigenvalue weighted by Crippen LogP contribution is 2.29. The molecule has 0 bridgehead atoms. The van der Waals surface area contributed by atoms with E-state index in [0.29, 0.717) is 29.9 Å². The van der Waals surface area contributed by atoms with E-state index in [9.17, 15) is 10.1 Å². The number of rotatable bonds is 7. The molecule has 4 aromatic rings. The zero-order valence-corrected chi connectivity index (χ0v) is 16.8. The molecule has 0 saturated carbocycles. The monoisotopic (exact) mass is 398 g/mol. The summed E-state index contributed by atoms with van der Waals surface area (Å²) in [5, 5.41) is 13.9. The van der Waals surface area contributed by atoms with Gasteiger partial charge in [0, 0.05) is 18.0 Å². The van der Waals surface area contributed by atoms with Gasteiger partial charge in [-0.05, 0) is 36.2 Å². The average Bonchev–Trinajstić information content (AvgIpc) is 3.22. The summed E-state index contributed by atoms with van der Waals surface area (Å²) in [6.45, 7) is 3.10. The Hall–Kier alpha value is -3.85. The lowest BCUT2D eigenvalue weighted by atomic mass is 10.1. The highest BCUT2D eigenvalue weighted by Gasteiger charge is 2.13. The molecule has 0 N–H and O–H groups in total. The second-order valence-electron chi connectivity index (χ2n) is 7.06. The van der Waals surface area contributed by atoms with Crippen LogP contribution < -0.4 is 10.3 Å². The fourth-order valence-corrected chi connectivity index (χ4v) is 3.36. The number of aromatic nitrogens is 3. The second-order valence-corrected chi connectivity index (χ2v) is 7.06. The molecule has 4 rings (SSSR count). The van der Waals surface area contributed by atoms with Crippen LogP contribution in [0.1, 0.15) is 30.9 Å². The number of hydrogen-bond donors (Lipinski definition) is 0. The van der Waals surface area contributed by atoms with E-state index in [4.69, 9.17) is 4.74 Å². The van der Waals surface area contributed by atoms with Crippen molar-refractivity contribution in [3.8, 4) is 23.1 Å². The minimum absolute atomic E-state index is 0.159. The lowest BCUT2D eigenvalue weighted by Crippen LogP contribution is -2.22. The first-order valence-electron chi connectivity index (χ1n) is 10.0. The molecule has 0 unspecified atom stereocenters. The average molecular weight is 398 g/mol. The van der Waals surface area contributed by atoms with Crippen molar-refractivity contribution in [2.75, 3.05) is 6.61 Å². The summed E-state index contributed by atoms with van der Waals surface area (Å²) in [4.78, 5) is 13.1. The smallest absolute Gasteiger partial charge is 0.276 e. The number of hydrogen-bond acceptors (Lipinski definition) is 4. The van der Waals surface area contributed by atoms with Crippen molar-refractivity contribution in [2.45, 2.75) is 26.3 Å². The van der Waals surface area contributed by atoms with Crippen molar-refractivity contribution < 1.29 is 4.74 Å². The van der Waals surface area contributed by atoms with Crippen molar-refractivity contribution in [2.24, 2.45) is 0 Å². The van der Waals surface area contributed by atoms with E-state index in [1.165, 1.54) is 0 Å². The summed E-state index contributed by atoms with van der Waals surface area (Å²) in [7, 11) is 0. The molecule has 0 aliphatic rings. The zero-order valence-electron chi connectivity index (χ0n) is 16.8. The molecule has 2 aromatic heterocycles. The zero-order chi connectivity index (χ0) is 20.9. The molecule has 150 valence electrons. The first-order valence-corrected chi connectivity index (χ1v) is 10.0. The number of fused-ring (bicyclic) bond motifs is 1. The Kier molecular flexibility index (Phi) is 5.62. The predicted molar refractivity (Wildman–Crippen MR) is 116 cm³/mol. The minimum atomic E-state index is -0.159. The fraction of sp³-hybridized carbons (Fsp3) is 0.208. The van der Waals surface area contributed by atoms with Gasteiger partial charge in [-0.3, -0.25) is 4.79 Å². The molecule has 30 heavy (non-hydrogen) atoms. The SMILES string of the molecule is CCCCOc1ccccc1-c1cc2c(=O)n(Cc3ccccc3C#N)ccn2n1. The third-order valence-corrected chi connectivity index (χ3v) is 5.00. The topological polar surface area (TPSA) is 72.3 Å². The van der Waals surface area contributed by atoms with E-state index >= 15 is 0 Å². The predicted octanol–water partition coefficient (Wildman–Crippen LogP) is 4.26. The standard InChI is InChI=1S/C24H22N4O2/c1-2-3-14-30-23-11-7-6-10-20(23)21-15-22-24(29)27(12-13-28(22)26-21)17-19-9-5-4-8-18(19)16-25/h4-13,15H,2-3,14,17H2,1H3. The number of nitrogens with zero attached hydrogens (tertiary/aromatic N) is 4. The van der Waals surface area contributed by atoms with Crippen molar-refractivity contribution in [3.63, 3.8) is 0 Å². The van der Waals surface area contributed by atoms with Crippen molar-refractivity contribution in [1.82, 2.24) is 14.2 Å². The van der Waals surface area contributed by atoms with Gasteiger partial charge in [-0.1, -0.05) is 43.7 Å². The van der Waals surface area contributed by atoms with Crippen LogP contribution in [-0.2, 0) is 6.54 Å². The molecule has 2 aromatic carbocycles. The molecular weight excluding hydrogens is 376 g/mol. The molecule has 0 amide bonds.